The molecule has 0 aliphatic carbocycles. The third kappa shape index (κ3) is 6.59. The first-order valence-electron chi connectivity index (χ1n) is 11.7. The molecule has 196 valence electrons. The fraction of sp³-hybridized carbons (Fsp3) is 0.321. The van der Waals surface area contributed by atoms with Crippen LogP contribution >= 0.6 is 39.1 Å². The minimum Gasteiger partial charge on any atom is -0.457 e. The van der Waals surface area contributed by atoms with Gasteiger partial charge in [-0.05, 0) is 70.2 Å². The quantitative estimate of drug-likeness (QED) is 0.304. The molecule has 1 aliphatic rings. The van der Waals surface area contributed by atoms with Crippen LogP contribution in [0.1, 0.15) is 45.1 Å². The lowest BCUT2D eigenvalue weighted by atomic mass is 9.90. The van der Waals surface area contributed by atoms with Gasteiger partial charge in [0.2, 0.25) is 0 Å². The molecule has 1 N–H and O–H groups in total. The highest BCUT2D eigenvalue weighted by atomic mass is 79.9. The average Bonchev–Trinajstić information content (AvgIpc) is 3.02. The fourth-order valence-corrected chi connectivity index (χ4v) is 4.60. The van der Waals surface area contributed by atoms with Crippen LogP contribution in [0.25, 0.3) is 0 Å². The molecule has 0 atom stereocenters. The predicted octanol–water partition coefficient (Wildman–Crippen LogP) is 8.81. The summed E-state index contributed by atoms with van der Waals surface area (Å²) in [5.41, 5.74) is 1.39. The lowest BCUT2D eigenvalue weighted by molar-refractivity contribution is -0.0895. The maximum Gasteiger partial charge on any atom is 0.321 e. The van der Waals surface area contributed by atoms with E-state index in [9.17, 15) is 4.79 Å². The third-order valence-corrected chi connectivity index (χ3v) is 7.44. The topological polar surface area (TPSA) is 60.0 Å². The SMILES string of the molecule is CN(Cc1ccc(Br)cc1Oc1cc(Cl)cc(Cl)c1)C(=O)Nc1cccc(C2OC(C)(C)C(C)(C)O2)c1. The molecule has 6 nitrogen and oxygen atoms in total. The van der Waals surface area contributed by atoms with Crippen molar-refractivity contribution in [2.45, 2.75) is 51.7 Å². The van der Waals surface area contributed by atoms with Gasteiger partial charge in [-0.3, -0.25) is 0 Å². The van der Waals surface area contributed by atoms with E-state index in [2.05, 4.69) is 21.2 Å². The van der Waals surface area contributed by atoms with Gasteiger partial charge in [-0.2, -0.15) is 0 Å². The number of hydrogen-bond acceptors (Lipinski definition) is 4. The van der Waals surface area contributed by atoms with Gasteiger partial charge in [-0.1, -0.05) is 57.3 Å². The summed E-state index contributed by atoms with van der Waals surface area (Å²) in [4.78, 5) is 14.6. The number of benzene rings is 3. The molecule has 0 saturated carbocycles. The number of amides is 2. The van der Waals surface area contributed by atoms with Crippen LogP contribution in [0, 0.1) is 0 Å². The number of hydrogen-bond donors (Lipinski definition) is 1. The number of ether oxygens (including phenoxy) is 3. The molecule has 37 heavy (non-hydrogen) atoms. The number of rotatable bonds is 6. The molecule has 1 fully saturated rings. The second-order valence-corrected chi connectivity index (χ2v) is 11.7. The van der Waals surface area contributed by atoms with Crippen molar-refractivity contribution in [3.05, 3.63) is 86.3 Å². The molecule has 1 heterocycles. The number of nitrogens with one attached hydrogen (secondary N) is 1. The zero-order valence-corrected chi connectivity index (χ0v) is 24.4. The van der Waals surface area contributed by atoms with Crippen molar-refractivity contribution < 1.29 is 19.0 Å². The Balaban J connectivity index is 1.46. The summed E-state index contributed by atoms with van der Waals surface area (Å²) in [5, 5.41) is 3.89. The molecule has 3 aromatic rings. The van der Waals surface area contributed by atoms with E-state index in [0.717, 1.165) is 15.6 Å². The molecule has 9 heteroatoms. The zero-order chi connectivity index (χ0) is 27.0. The van der Waals surface area contributed by atoms with Gasteiger partial charge in [0.25, 0.3) is 0 Å². The van der Waals surface area contributed by atoms with Crippen molar-refractivity contribution in [1.29, 1.82) is 0 Å². The van der Waals surface area contributed by atoms with E-state index in [1.807, 2.05) is 70.2 Å². The second-order valence-electron chi connectivity index (χ2n) is 9.96. The van der Waals surface area contributed by atoms with Gasteiger partial charge in [0.1, 0.15) is 11.5 Å². The summed E-state index contributed by atoms with van der Waals surface area (Å²) in [6.45, 7) is 8.34. The number of halogens is 3. The molecule has 0 spiro atoms. The van der Waals surface area contributed by atoms with Crippen molar-refractivity contribution in [3.8, 4) is 11.5 Å². The Bertz CT molecular complexity index is 1280. The second kappa shape index (κ2) is 10.8. The van der Waals surface area contributed by atoms with Gasteiger partial charge in [0, 0.05) is 38.4 Å². The largest absolute Gasteiger partial charge is 0.457 e. The zero-order valence-electron chi connectivity index (χ0n) is 21.3. The highest BCUT2D eigenvalue weighted by Crippen LogP contribution is 2.45. The normalized spacial score (nSPS) is 16.4. The van der Waals surface area contributed by atoms with Crippen molar-refractivity contribution in [2.75, 3.05) is 12.4 Å². The molecule has 0 unspecified atom stereocenters. The smallest absolute Gasteiger partial charge is 0.321 e. The predicted molar refractivity (Wildman–Crippen MR) is 151 cm³/mol. The summed E-state index contributed by atoms with van der Waals surface area (Å²) in [6.07, 6.45) is -0.512. The van der Waals surface area contributed by atoms with E-state index >= 15 is 0 Å². The minimum atomic E-state index is -0.512. The van der Waals surface area contributed by atoms with Crippen LogP contribution in [0.5, 0.6) is 11.5 Å². The van der Waals surface area contributed by atoms with Gasteiger partial charge in [0.15, 0.2) is 6.29 Å². The maximum absolute atomic E-state index is 13.0. The van der Waals surface area contributed by atoms with Gasteiger partial charge < -0.3 is 24.4 Å². The van der Waals surface area contributed by atoms with E-state index in [0.29, 0.717) is 33.8 Å². The summed E-state index contributed by atoms with van der Waals surface area (Å²) in [5.74, 6) is 1.08. The van der Waals surface area contributed by atoms with Gasteiger partial charge >= 0.3 is 6.03 Å². The highest BCUT2D eigenvalue weighted by molar-refractivity contribution is 9.10. The number of carbonyl (C=O) groups is 1. The number of carbonyl (C=O) groups excluding carboxylic acids is 1. The first kappa shape index (κ1) is 27.7. The lowest BCUT2D eigenvalue weighted by Crippen LogP contribution is -2.41. The molecule has 2 amide bonds. The average molecular weight is 608 g/mol. The molecule has 0 aromatic heterocycles. The summed E-state index contributed by atoms with van der Waals surface area (Å²) in [6, 6.07) is 17.8. The van der Waals surface area contributed by atoms with Gasteiger partial charge in [-0.15, -0.1) is 0 Å². The Kier molecular flexibility index (Phi) is 8.12. The standard InChI is InChI=1S/C28H29BrCl2N2O4/c1-27(2)28(3,4)37-25(36-27)17-7-6-8-22(11-17)32-26(34)33(5)16-18-9-10-19(29)12-24(18)35-23-14-20(30)13-21(31)15-23/h6-15,25H,16H2,1-5H3,(H,32,34). The van der Waals surface area contributed by atoms with E-state index in [1.54, 1.807) is 30.1 Å². The van der Waals surface area contributed by atoms with Crippen LogP contribution in [-0.4, -0.2) is 29.2 Å². The van der Waals surface area contributed by atoms with Crippen molar-refractivity contribution >= 4 is 50.9 Å². The van der Waals surface area contributed by atoms with Crippen LogP contribution in [0.4, 0.5) is 10.5 Å². The molecule has 1 saturated heterocycles. The molecule has 4 rings (SSSR count). The minimum absolute atomic E-state index is 0.272. The highest BCUT2D eigenvalue weighted by Gasteiger charge is 2.49. The monoisotopic (exact) mass is 606 g/mol. The third-order valence-electron chi connectivity index (χ3n) is 6.51. The first-order chi connectivity index (χ1) is 17.3. The summed E-state index contributed by atoms with van der Waals surface area (Å²) in [7, 11) is 1.72. The summed E-state index contributed by atoms with van der Waals surface area (Å²) >= 11 is 15.7. The molecular formula is C28H29BrCl2N2O4. The van der Waals surface area contributed by atoms with Gasteiger partial charge in [0.05, 0.1) is 17.7 Å². The summed E-state index contributed by atoms with van der Waals surface area (Å²) < 4.78 is 19.2. The van der Waals surface area contributed by atoms with Crippen LogP contribution in [0.2, 0.25) is 10.0 Å². The van der Waals surface area contributed by atoms with Crippen LogP contribution in [0.3, 0.4) is 0 Å². The molecule has 3 aromatic carbocycles. The Labute approximate surface area is 235 Å². The van der Waals surface area contributed by atoms with E-state index in [-0.39, 0.29) is 6.03 Å². The lowest BCUT2D eigenvalue weighted by Gasteiger charge is -2.30. The molecule has 0 radical (unpaired) electrons. The first-order valence-corrected chi connectivity index (χ1v) is 13.3. The van der Waals surface area contributed by atoms with Crippen LogP contribution in [-0.2, 0) is 16.0 Å². The fourth-order valence-electron chi connectivity index (χ4n) is 3.76. The van der Waals surface area contributed by atoms with Crippen molar-refractivity contribution in [1.82, 2.24) is 4.90 Å². The van der Waals surface area contributed by atoms with E-state index in [1.165, 1.54) is 0 Å². The molecule has 1 aliphatic heterocycles. The maximum atomic E-state index is 13.0. The van der Waals surface area contributed by atoms with Crippen molar-refractivity contribution in [2.24, 2.45) is 0 Å². The van der Waals surface area contributed by atoms with Crippen molar-refractivity contribution in [3.63, 3.8) is 0 Å². The number of nitrogens with zero attached hydrogens (tertiary/aromatic N) is 1. The van der Waals surface area contributed by atoms with E-state index < -0.39 is 17.5 Å². The Morgan fingerprint density at radius 1 is 1.00 bits per heavy atom. The van der Waals surface area contributed by atoms with E-state index in [4.69, 9.17) is 37.4 Å². The van der Waals surface area contributed by atoms with Gasteiger partial charge in [-0.25, -0.2) is 4.79 Å². The van der Waals surface area contributed by atoms with Crippen LogP contribution in [0.15, 0.2) is 65.1 Å². The van der Waals surface area contributed by atoms with Crippen LogP contribution < -0.4 is 10.1 Å². The Morgan fingerprint density at radius 2 is 1.65 bits per heavy atom. The number of anilines is 1. The Morgan fingerprint density at radius 3 is 2.30 bits per heavy atom. The Hall–Kier alpha value is -2.29. The molecular weight excluding hydrogens is 579 g/mol. The molecule has 0 bridgehead atoms. The number of urea groups is 1.